The van der Waals surface area contributed by atoms with Crippen molar-refractivity contribution in [3.63, 3.8) is 0 Å². The quantitative estimate of drug-likeness (QED) is 0.0945. The number of alkyl halides is 3. The highest BCUT2D eigenvalue weighted by molar-refractivity contribution is 5.83. The van der Waals surface area contributed by atoms with Gasteiger partial charge in [-0.05, 0) is 72.6 Å². The largest absolute Gasteiger partial charge is 0.479 e. The molecule has 0 aliphatic heterocycles. The van der Waals surface area contributed by atoms with Gasteiger partial charge >= 0.3 is 18.1 Å². The van der Waals surface area contributed by atoms with Gasteiger partial charge < -0.3 is 34.8 Å². The maximum Gasteiger partial charge on any atom is 0.416 e. The molecule has 0 aliphatic carbocycles. The molecule has 2 atom stereocenters. The van der Waals surface area contributed by atoms with Crippen LogP contribution in [0.25, 0.3) is 22.0 Å². The minimum absolute atomic E-state index is 0.0239. The number of aromatic nitrogens is 2. The van der Waals surface area contributed by atoms with Crippen LogP contribution >= 0.6 is 0 Å². The number of para-hydroxylation sites is 1. The molecule has 2 unspecified atom stereocenters. The van der Waals surface area contributed by atoms with Crippen LogP contribution in [0.3, 0.4) is 0 Å². The van der Waals surface area contributed by atoms with Crippen LogP contribution < -0.4 is 5.56 Å². The number of carboxylic acid groups (broad SMARTS) is 2. The van der Waals surface area contributed by atoms with Gasteiger partial charge in [0, 0.05) is 31.6 Å². The Morgan fingerprint density at radius 1 is 0.746 bits per heavy atom. The third kappa shape index (κ3) is 12.2. The normalized spacial score (nSPS) is 12.4. The standard InChI is InChI=1S/C38H37F5N4O2.C4H6O6/c1-3-45(4-2)22-23-46(24-26-12-14-27(15-13-26)28-16-18-29(19-17-28)38(41,42)43)36(48)25-47-34-11-6-5-8-31(34)37(49)44-35(47)21-20-30-32(39)9-7-10-33(30)40;5-1(3(7)8)2(6)4(9)10/h5-19H,3-4,20-25H2,1-2H3;1-2,5-6H,(H,7,8)(H,9,10). The molecule has 4 aromatic carbocycles. The number of aliphatic carboxylic acids is 2. The molecule has 1 aromatic heterocycles. The first-order valence-electron chi connectivity index (χ1n) is 18.4. The van der Waals surface area contributed by atoms with Gasteiger partial charge in [-0.25, -0.2) is 18.4 Å². The summed E-state index contributed by atoms with van der Waals surface area (Å²) in [5.74, 6) is -4.93. The highest BCUT2D eigenvalue weighted by atomic mass is 19.4. The second kappa shape index (κ2) is 20.6. The van der Waals surface area contributed by atoms with Crippen molar-refractivity contribution in [1.82, 2.24) is 19.4 Å². The predicted octanol–water partition coefficient (Wildman–Crippen LogP) is 5.39. The first kappa shape index (κ1) is 45.7. The van der Waals surface area contributed by atoms with Crippen molar-refractivity contribution < 1.29 is 56.8 Å². The Bertz CT molecular complexity index is 2240. The van der Waals surface area contributed by atoms with Gasteiger partial charge in [0.05, 0.1) is 16.5 Å². The number of hydrogen-bond donors (Lipinski definition) is 4. The van der Waals surface area contributed by atoms with Crippen molar-refractivity contribution in [3.05, 3.63) is 135 Å². The number of likely N-dealkylation sites (N-methyl/N-ethyl adjacent to an activating group) is 1. The second-order valence-corrected chi connectivity index (χ2v) is 13.3. The van der Waals surface area contributed by atoms with Gasteiger partial charge in [0.2, 0.25) is 5.91 Å². The van der Waals surface area contributed by atoms with Gasteiger partial charge in [-0.15, -0.1) is 0 Å². The fourth-order valence-electron chi connectivity index (χ4n) is 6.12. The van der Waals surface area contributed by atoms with Crippen LogP contribution in [0.2, 0.25) is 0 Å². The van der Waals surface area contributed by atoms with E-state index in [1.165, 1.54) is 30.3 Å². The minimum atomic E-state index is -4.42. The van der Waals surface area contributed by atoms with Crippen LogP contribution in [0.1, 0.15) is 36.4 Å². The summed E-state index contributed by atoms with van der Waals surface area (Å²) in [6.45, 7) is 6.79. The molecule has 0 aliphatic rings. The predicted molar refractivity (Wildman–Crippen MR) is 207 cm³/mol. The molecule has 0 saturated heterocycles. The topological polar surface area (TPSA) is 174 Å². The molecule has 1 amide bonds. The lowest BCUT2D eigenvalue weighted by Gasteiger charge is -2.28. The van der Waals surface area contributed by atoms with Gasteiger partial charge in [0.15, 0.2) is 12.2 Å². The molecule has 1 heterocycles. The van der Waals surface area contributed by atoms with Gasteiger partial charge in [-0.2, -0.15) is 18.2 Å². The van der Waals surface area contributed by atoms with Crippen LogP contribution in [-0.4, -0.2) is 96.0 Å². The second-order valence-electron chi connectivity index (χ2n) is 13.3. The highest BCUT2D eigenvalue weighted by Gasteiger charge is 2.30. The number of carbonyl (C=O) groups excluding carboxylic acids is 1. The Balaban J connectivity index is 0.000000680. The molecule has 0 spiro atoms. The molecular weight excluding hydrogens is 783 g/mol. The summed E-state index contributed by atoms with van der Waals surface area (Å²) < 4.78 is 69.7. The number of nitrogens with zero attached hydrogens (tertiary/aromatic N) is 4. The van der Waals surface area contributed by atoms with Gasteiger partial charge in [-0.3, -0.25) is 9.59 Å². The lowest BCUT2D eigenvalue weighted by Crippen LogP contribution is -2.40. The summed E-state index contributed by atoms with van der Waals surface area (Å²) >= 11 is 0. The van der Waals surface area contributed by atoms with Crippen molar-refractivity contribution in [2.75, 3.05) is 26.2 Å². The van der Waals surface area contributed by atoms with E-state index in [4.69, 9.17) is 20.4 Å². The monoisotopic (exact) mass is 826 g/mol. The van der Waals surface area contributed by atoms with Crippen molar-refractivity contribution in [2.45, 2.75) is 58.2 Å². The molecule has 5 aromatic rings. The molecule has 12 nitrogen and oxygen atoms in total. The number of halogens is 5. The average molecular weight is 827 g/mol. The van der Waals surface area contributed by atoms with E-state index in [1.807, 2.05) is 38.1 Å². The Morgan fingerprint density at radius 3 is 1.81 bits per heavy atom. The SMILES string of the molecule is CCN(CC)CCN(Cc1ccc(-c2ccc(C(F)(F)F)cc2)cc1)C(=O)Cn1c(CCc2c(F)cccc2F)nc(=O)c2ccccc21.O=C(O)C(O)C(O)C(=O)O. The molecule has 314 valence electrons. The lowest BCUT2D eigenvalue weighted by molar-refractivity contribution is -0.165. The highest BCUT2D eigenvalue weighted by Crippen LogP contribution is 2.31. The van der Waals surface area contributed by atoms with E-state index < -0.39 is 53.1 Å². The lowest BCUT2D eigenvalue weighted by atomic mass is 10.0. The molecule has 0 radical (unpaired) electrons. The fraction of sp³-hybridized carbons (Fsp3) is 0.310. The zero-order valence-electron chi connectivity index (χ0n) is 32.1. The van der Waals surface area contributed by atoms with E-state index >= 15 is 0 Å². The summed E-state index contributed by atoms with van der Waals surface area (Å²) in [6.07, 6.45) is -8.99. The molecule has 17 heteroatoms. The molecule has 4 N–H and O–H groups in total. The van der Waals surface area contributed by atoms with E-state index in [2.05, 4.69) is 9.88 Å². The van der Waals surface area contributed by atoms with E-state index in [0.717, 1.165) is 36.3 Å². The Hall–Kier alpha value is -6.04. The summed E-state index contributed by atoms with van der Waals surface area (Å²) in [4.78, 5) is 54.8. The van der Waals surface area contributed by atoms with E-state index in [1.54, 1.807) is 33.7 Å². The molecular formula is C42H43F5N4O8. The molecule has 0 bridgehead atoms. The third-order valence-corrected chi connectivity index (χ3v) is 9.53. The van der Waals surface area contributed by atoms with Crippen molar-refractivity contribution in [3.8, 4) is 11.1 Å². The van der Waals surface area contributed by atoms with Crippen molar-refractivity contribution in [2.24, 2.45) is 0 Å². The number of carbonyl (C=O) groups is 3. The first-order chi connectivity index (χ1) is 27.9. The third-order valence-electron chi connectivity index (χ3n) is 9.53. The maximum atomic E-state index is 14.5. The number of aliphatic hydroxyl groups is 2. The number of fused-ring (bicyclic) bond motifs is 1. The summed E-state index contributed by atoms with van der Waals surface area (Å²) in [7, 11) is 0. The fourth-order valence-corrected chi connectivity index (χ4v) is 6.12. The van der Waals surface area contributed by atoms with Gasteiger partial charge in [0.1, 0.15) is 24.0 Å². The zero-order valence-corrected chi connectivity index (χ0v) is 32.1. The van der Waals surface area contributed by atoms with Crippen molar-refractivity contribution in [1.29, 1.82) is 0 Å². The van der Waals surface area contributed by atoms with E-state index in [-0.39, 0.29) is 43.2 Å². The first-order valence-corrected chi connectivity index (χ1v) is 18.4. The number of benzene rings is 4. The number of amides is 1. The molecule has 5 rings (SSSR count). The van der Waals surface area contributed by atoms with Crippen LogP contribution in [0.15, 0.2) is 95.8 Å². The maximum absolute atomic E-state index is 14.5. The zero-order chi connectivity index (χ0) is 43.4. The smallest absolute Gasteiger partial charge is 0.416 e. The summed E-state index contributed by atoms with van der Waals surface area (Å²) in [5.41, 5.74) is 1.35. The molecule has 0 fully saturated rings. The number of hydrogen-bond acceptors (Lipinski definition) is 8. The van der Waals surface area contributed by atoms with Crippen LogP contribution in [0.4, 0.5) is 22.0 Å². The minimum Gasteiger partial charge on any atom is -0.479 e. The molecule has 59 heavy (non-hydrogen) atoms. The summed E-state index contributed by atoms with van der Waals surface area (Å²) in [6, 6.07) is 22.7. The number of aliphatic hydroxyl groups excluding tert-OH is 2. The average Bonchev–Trinajstić information content (AvgIpc) is 3.21. The number of aryl methyl sites for hydroxylation is 1. The Kier molecular flexibility index (Phi) is 15.9. The van der Waals surface area contributed by atoms with E-state index in [0.29, 0.717) is 29.6 Å². The number of carboxylic acids is 2. The van der Waals surface area contributed by atoms with Crippen molar-refractivity contribution >= 4 is 28.7 Å². The Morgan fingerprint density at radius 2 is 1.29 bits per heavy atom. The van der Waals surface area contributed by atoms with Gasteiger partial charge in [-0.1, -0.05) is 68.4 Å². The molecule has 0 saturated carbocycles. The Labute approximate surface area is 335 Å². The number of rotatable bonds is 16. The summed E-state index contributed by atoms with van der Waals surface area (Å²) in [5, 5.41) is 32.8. The van der Waals surface area contributed by atoms with Crippen LogP contribution in [-0.2, 0) is 46.5 Å². The van der Waals surface area contributed by atoms with Crippen LogP contribution in [0.5, 0.6) is 0 Å². The van der Waals surface area contributed by atoms with Gasteiger partial charge in [0.25, 0.3) is 5.56 Å². The van der Waals surface area contributed by atoms with Crippen LogP contribution in [0, 0.1) is 11.6 Å². The van der Waals surface area contributed by atoms with E-state index in [9.17, 15) is 41.1 Å².